The first kappa shape index (κ1) is 15.1. The van der Waals surface area contributed by atoms with Crippen LogP contribution in [0.2, 0.25) is 5.02 Å². The number of nitrogens with one attached hydrogen (secondary N) is 1. The molecule has 0 spiro atoms. The number of methoxy groups -OCH3 is 1. The number of hydrogen-bond donors (Lipinski definition) is 2. The fourth-order valence-electron chi connectivity index (χ4n) is 2.05. The zero-order valence-electron chi connectivity index (χ0n) is 11.6. The van der Waals surface area contributed by atoms with Crippen molar-refractivity contribution in [2.75, 3.05) is 13.7 Å². The summed E-state index contributed by atoms with van der Waals surface area (Å²) in [4.78, 5) is 0. The van der Waals surface area contributed by atoms with Crippen LogP contribution in [0, 0.1) is 0 Å². The Bertz CT molecular complexity index is 552. The number of hydrogen-bond acceptors (Lipinski definition) is 5. The van der Waals surface area contributed by atoms with Crippen LogP contribution in [0.1, 0.15) is 30.2 Å². The summed E-state index contributed by atoms with van der Waals surface area (Å²) in [6.45, 7) is 3.17. The van der Waals surface area contributed by atoms with Gasteiger partial charge in [-0.05, 0) is 12.1 Å². The minimum atomic E-state index is -0.345. The standard InChI is InChI=1S/C13H19ClN4O2/c1-3-9-4-5-11(20-9)12(17-15)13-10(14)8-16-18(13)6-7-19-2/h4-5,8,12,17H,3,6-7,15H2,1-2H3. The lowest BCUT2D eigenvalue weighted by molar-refractivity contribution is 0.181. The van der Waals surface area contributed by atoms with Crippen LogP contribution in [0.5, 0.6) is 0 Å². The average molecular weight is 299 g/mol. The molecule has 0 aromatic carbocycles. The third-order valence-electron chi connectivity index (χ3n) is 3.10. The van der Waals surface area contributed by atoms with Gasteiger partial charge in [0, 0.05) is 13.5 Å². The number of halogens is 1. The van der Waals surface area contributed by atoms with Crippen LogP contribution in [-0.2, 0) is 17.7 Å². The van der Waals surface area contributed by atoms with E-state index in [4.69, 9.17) is 26.6 Å². The van der Waals surface area contributed by atoms with Gasteiger partial charge in [0.1, 0.15) is 17.6 Å². The van der Waals surface area contributed by atoms with Crippen LogP contribution in [0.25, 0.3) is 0 Å². The van der Waals surface area contributed by atoms with Crippen molar-refractivity contribution in [2.24, 2.45) is 5.84 Å². The molecular weight excluding hydrogens is 280 g/mol. The molecule has 0 radical (unpaired) electrons. The predicted molar refractivity (Wildman–Crippen MR) is 76.4 cm³/mol. The van der Waals surface area contributed by atoms with Crippen molar-refractivity contribution in [3.63, 3.8) is 0 Å². The third kappa shape index (κ3) is 3.04. The van der Waals surface area contributed by atoms with Gasteiger partial charge in [-0.2, -0.15) is 5.10 Å². The average Bonchev–Trinajstić information content (AvgIpc) is 3.06. The second-order valence-electron chi connectivity index (χ2n) is 4.35. The van der Waals surface area contributed by atoms with Gasteiger partial charge in [-0.1, -0.05) is 18.5 Å². The van der Waals surface area contributed by atoms with Crippen molar-refractivity contribution >= 4 is 11.6 Å². The van der Waals surface area contributed by atoms with Gasteiger partial charge < -0.3 is 9.15 Å². The third-order valence-corrected chi connectivity index (χ3v) is 3.39. The van der Waals surface area contributed by atoms with Crippen LogP contribution >= 0.6 is 11.6 Å². The number of hydrazine groups is 1. The summed E-state index contributed by atoms with van der Waals surface area (Å²) >= 11 is 6.23. The number of ether oxygens (including phenoxy) is 1. The molecule has 6 nitrogen and oxygen atoms in total. The molecule has 1 atom stereocenters. The summed E-state index contributed by atoms with van der Waals surface area (Å²) in [6, 6.07) is 3.48. The van der Waals surface area contributed by atoms with E-state index in [-0.39, 0.29) is 6.04 Å². The molecule has 0 bridgehead atoms. The van der Waals surface area contributed by atoms with Gasteiger partial charge in [-0.25, -0.2) is 5.43 Å². The van der Waals surface area contributed by atoms with E-state index in [1.165, 1.54) is 0 Å². The molecule has 0 fully saturated rings. The molecular formula is C13H19ClN4O2. The van der Waals surface area contributed by atoms with Crippen molar-refractivity contribution in [1.29, 1.82) is 0 Å². The zero-order chi connectivity index (χ0) is 14.5. The molecule has 2 rings (SSSR count). The Morgan fingerprint density at radius 1 is 1.55 bits per heavy atom. The maximum Gasteiger partial charge on any atom is 0.128 e. The molecule has 2 aromatic rings. The van der Waals surface area contributed by atoms with Crippen molar-refractivity contribution in [3.05, 3.63) is 40.6 Å². The van der Waals surface area contributed by atoms with Crippen LogP contribution < -0.4 is 11.3 Å². The van der Waals surface area contributed by atoms with Gasteiger partial charge in [0.05, 0.1) is 30.1 Å². The number of aryl methyl sites for hydroxylation is 1. The van der Waals surface area contributed by atoms with E-state index in [1.54, 1.807) is 18.0 Å². The van der Waals surface area contributed by atoms with Crippen LogP contribution in [0.4, 0.5) is 0 Å². The van der Waals surface area contributed by atoms with Gasteiger partial charge in [0.2, 0.25) is 0 Å². The molecule has 0 aliphatic rings. The maximum atomic E-state index is 6.23. The van der Waals surface area contributed by atoms with Crippen LogP contribution in [-0.4, -0.2) is 23.5 Å². The Balaban J connectivity index is 2.33. The molecule has 110 valence electrons. The topological polar surface area (TPSA) is 78.2 Å². The summed E-state index contributed by atoms with van der Waals surface area (Å²) in [5, 5.41) is 4.78. The molecule has 3 N–H and O–H groups in total. The number of rotatable bonds is 7. The Hall–Kier alpha value is -1.34. The van der Waals surface area contributed by atoms with E-state index in [1.807, 2.05) is 19.1 Å². The lowest BCUT2D eigenvalue weighted by Gasteiger charge is -2.16. The van der Waals surface area contributed by atoms with Crippen molar-refractivity contribution in [2.45, 2.75) is 25.9 Å². The Labute approximate surface area is 122 Å². The summed E-state index contributed by atoms with van der Waals surface area (Å²) in [5.74, 6) is 7.29. The first-order valence-corrected chi connectivity index (χ1v) is 6.83. The fourth-order valence-corrected chi connectivity index (χ4v) is 2.30. The molecule has 7 heteroatoms. The highest BCUT2D eigenvalue weighted by atomic mass is 35.5. The van der Waals surface area contributed by atoms with E-state index in [9.17, 15) is 0 Å². The number of aromatic nitrogens is 2. The molecule has 20 heavy (non-hydrogen) atoms. The Morgan fingerprint density at radius 3 is 2.95 bits per heavy atom. The molecule has 0 saturated carbocycles. The maximum absolute atomic E-state index is 6.23. The highest BCUT2D eigenvalue weighted by molar-refractivity contribution is 6.31. The van der Waals surface area contributed by atoms with Gasteiger partial charge in [0.15, 0.2) is 0 Å². The molecule has 0 amide bonds. The van der Waals surface area contributed by atoms with Gasteiger partial charge >= 0.3 is 0 Å². The van der Waals surface area contributed by atoms with Crippen molar-refractivity contribution in [3.8, 4) is 0 Å². The molecule has 0 aliphatic heterocycles. The van der Waals surface area contributed by atoms with Gasteiger partial charge in [0.25, 0.3) is 0 Å². The Kier molecular flexibility index (Phi) is 5.19. The van der Waals surface area contributed by atoms with E-state index in [0.717, 1.165) is 17.9 Å². The van der Waals surface area contributed by atoms with Crippen molar-refractivity contribution in [1.82, 2.24) is 15.2 Å². The minimum absolute atomic E-state index is 0.345. The second kappa shape index (κ2) is 6.90. The number of nitrogens with zero attached hydrogens (tertiary/aromatic N) is 2. The molecule has 0 saturated heterocycles. The SMILES string of the molecule is CCc1ccc(C(NN)c2c(Cl)cnn2CCOC)o1. The van der Waals surface area contributed by atoms with Crippen molar-refractivity contribution < 1.29 is 9.15 Å². The fraction of sp³-hybridized carbons (Fsp3) is 0.462. The first-order valence-electron chi connectivity index (χ1n) is 6.46. The highest BCUT2D eigenvalue weighted by Gasteiger charge is 2.23. The quantitative estimate of drug-likeness (QED) is 0.603. The minimum Gasteiger partial charge on any atom is -0.464 e. The summed E-state index contributed by atoms with van der Waals surface area (Å²) < 4.78 is 12.6. The lowest BCUT2D eigenvalue weighted by Crippen LogP contribution is -2.31. The van der Waals surface area contributed by atoms with Crippen LogP contribution in [0.3, 0.4) is 0 Å². The van der Waals surface area contributed by atoms with E-state index in [2.05, 4.69) is 10.5 Å². The Morgan fingerprint density at radius 2 is 2.35 bits per heavy atom. The van der Waals surface area contributed by atoms with E-state index >= 15 is 0 Å². The highest BCUT2D eigenvalue weighted by Crippen LogP contribution is 2.29. The number of nitrogens with two attached hydrogens (primary N) is 1. The van der Waals surface area contributed by atoms with E-state index in [0.29, 0.717) is 23.9 Å². The first-order chi connectivity index (χ1) is 9.71. The summed E-state index contributed by atoms with van der Waals surface area (Å²) in [5.41, 5.74) is 3.50. The van der Waals surface area contributed by atoms with E-state index < -0.39 is 0 Å². The largest absolute Gasteiger partial charge is 0.464 e. The molecule has 2 aromatic heterocycles. The smallest absolute Gasteiger partial charge is 0.128 e. The van der Waals surface area contributed by atoms with Crippen LogP contribution in [0.15, 0.2) is 22.7 Å². The molecule has 2 heterocycles. The monoisotopic (exact) mass is 298 g/mol. The molecule has 1 unspecified atom stereocenters. The second-order valence-corrected chi connectivity index (χ2v) is 4.76. The normalized spacial score (nSPS) is 12.8. The summed E-state index contributed by atoms with van der Waals surface area (Å²) in [7, 11) is 1.64. The molecule has 0 aliphatic carbocycles. The van der Waals surface area contributed by atoms with Gasteiger partial charge in [-0.15, -0.1) is 0 Å². The lowest BCUT2D eigenvalue weighted by atomic mass is 10.1. The predicted octanol–water partition coefficient (Wildman–Crippen LogP) is 1.89. The number of furan rings is 1. The summed E-state index contributed by atoms with van der Waals surface area (Å²) in [6.07, 6.45) is 2.43. The van der Waals surface area contributed by atoms with Gasteiger partial charge in [-0.3, -0.25) is 10.5 Å². The zero-order valence-corrected chi connectivity index (χ0v) is 12.4.